The molecule has 0 aliphatic carbocycles. The number of morpholine rings is 1. The summed E-state index contributed by atoms with van der Waals surface area (Å²) in [7, 11) is 0. The minimum absolute atomic E-state index is 0.101. The molecule has 0 amide bonds. The van der Waals surface area contributed by atoms with Gasteiger partial charge in [-0.15, -0.1) is 0 Å². The molecule has 1 N–H and O–H groups in total. The molecule has 1 saturated heterocycles. The van der Waals surface area contributed by atoms with Crippen LogP contribution in [-0.4, -0.2) is 42.4 Å². The molecule has 1 aromatic heterocycles. The second-order valence-corrected chi connectivity index (χ2v) is 3.55. The molecule has 1 aliphatic rings. The lowest BCUT2D eigenvalue weighted by Gasteiger charge is -2.22. The van der Waals surface area contributed by atoms with Gasteiger partial charge in [0, 0.05) is 25.5 Å². The highest BCUT2D eigenvalue weighted by Crippen LogP contribution is 2.03. The summed E-state index contributed by atoms with van der Waals surface area (Å²) in [6.07, 6.45) is 3.58. The Hall–Kier alpha value is -1.20. The lowest BCUT2D eigenvalue weighted by atomic mass is 10.3. The molecule has 15 heavy (non-hydrogen) atoms. The molecule has 1 atom stereocenters. The zero-order valence-electron chi connectivity index (χ0n) is 8.77. The summed E-state index contributed by atoms with van der Waals surface area (Å²) in [6, 6.07) is 0.412. The maximum absolute atomic E-state index is 5.48. The summed E-state index contributed by atoms with van der Waals surface area (Å²) in [5, 5.41) is 3.23. The fourth-order valence-corrected chi connectivity index (χ4v) is 1.35. The van der Waals surface area contributed by atoms with E-state index in [4.69, 9.17) is 9.47 Å². The average molecular weight is 209 g/mol. The summed E-state index contributed by atoms with van der Waals surface area (Å²) >= 11 is 0. The number of ether oxygens (including phenoxy) is 2. The van der Waals surface area contributed by atoms with Crippen LogP contribution >= 0.6 is 0 Å². The molecule has 1 aromatic rings. The van der Waals surface area contributed by atoms with Crippen LogP contribution < -0.4 is 10.1 Å². The maximum Gasteiger partial charge on any atom is 0.316 e. The predicted octanol–water partition coefficient (Wildman–Crippen LogP) is 0.152. The van der Waals surface area contributed by atoms with E-state index in [1.165, 1.54) is 0 Å². The third-order valence-corrected chi connectivity index (χ3v) is 2.16. The predicted molar refractivity (Wildman–Crippen MR) is 54.9 cm³/mol. The lowest BCUT2D eigenvalue weighted by Crippen LogP contribution is -2.41. The number of aromatic nitrogens is 2. The number of nitrogens with one attached hydrogen (secondary N) is 1. The van der Waals surface area contributed by atoms with Gasteiger partial charge in [-0.2, -0.15) is 0 Å². The van der Waals surface area contributed by atoms with Gasteiger partial charge in [0.2, 0.25) is 0 Å². The minimum atomic E-state index is 0.101. The highest BCUT2D eigenvalue weighted by molar-refractivity contribution is 5.04. The summed E-state index contributed by atoms with van der Waals surface area (Å²) in [5.41, 5.74) is 1.03. The molecule has 0 radical (unpaired) electrons. The first kappa shape index (κ1) is 10.3. The highest BCUT2D eigenvalue weighted by atomic mass is 16.5. The van der Waals surface area contributed by atoms with Crippen molar-refractivity contribution >= 4 is 0 Å². The Morgan fingerprint density at radius 3 is 3.00 bits per heavy atom. The van der Waals surface area contributed by atoms with Gasteiger partial charge in [-0.25, -0.2) is 9.97 Å². The molecule has 0 spiro atoms. The Morgan fingerprint density at radius 1 is 1.53 bits per heavy atom. The molecular weight excluding hydrogens is 194 g/mol. The van der Waals surface area contributed by atoms with Gasteiger partial charge in [0.15, 0.2) is 0 Å². The van der Waals surface area contributed by atoms with E-state index in [0.717, 1.165) is 25.3 Å². The van der Waals surface area contributed by atoms with Crippen molar-refractivity contribution in [3.05, 3.63) is 18.0 Å². The first-order valence-corrected chi connectivity index (χ1v) is 5.08. The summed E-state index contributed by atoms with van der Waals surface area (Å²) in [6.45, 7) is 4.92. The van der Waals surface area contributed by atoms with Crippen molar-refractivity contribution in [1.29, 1.82) is 0 Å². The Labute approximate surface area is 88.8 Å². The van der Waals surface area contributed by atoms with Gasteiger partial charge in [0.05, 0.1) is 6.61 Å². The van der Waals surface area contributed by atoms with Crippen LogP contribution in [0.25, 0.3) is 0 Å². The van der Waals surface area contributed by atoms with Crippen molar-refractivity contribution in [3.63, 3.8) is 0 Å². The van der Waals surface area contributed by atoms with E-state index in [-0.39, 0.29) is 6.10 Å². The summed E-state index contributed by atoms with van der Waals surface area (Å²) < 4.78 is 10.9. The third kappa shape index (κ3) is 3.14. The molecule has 1 unspecified atom stereocenters. The smallest absolute Gasteiger partial charge is 0.316 e. The lowest BCUT2D eigenvalue weighted by molar-refractivity contribution is -0.00179. The van der Waals surface area contributed by atoms with E-state index < -0.39 is 0 Å². The molecular formula is C10H15N3O2. The zero-order chi connectivity index (χ0) is 10.5. The molecule has 1 aliphatic heterocycles. The van der Waals surface area contributed by atoms with E-state index in [0.29, 0.717) is 12.6 Å². The van der Waals surface area contributed by atoms with Crippen molar-refractivity contribution in [1.82, 2.24) is 15.3 Å². The summed E-state index contributed by atoms with van der Waals surface area (Å²) in [4.78, 5) is 8.11. The van der Waals surface area contributed by atoms with Crippen molar-refractivity contribution < 1.29 is 9.47 Å². The fourth-order valence-electron chi connectivity index (χ4n) is 1.35. The molecule has 0 saturated carbocycles. The van der Waals surface area contributed by atoms with Crippen LogP contribution in [0.1, 0.15) is 5.56 Å². The standard InChI is InChI=1S/C10H15N3O2/c1-8-4-12-10(13-5-8)15-7-9-6-11-2-3-14-9/h4-5,9,11H,2-3,6-7H2,1H3. The van der Waals surface area contributed by atoms with Crippen molar-refractivity contribution in [2.45, 2.75) is 13.0 Å². The van der Waals surface area contributed by atoms with Crippen LogP contribution in [-0.2, 0) is 4.74 Å². The first-order chi connectivity index (χ1) is 7.34. The van der Waals surface area contributed by atoms with E-state index >= 15 is 0 Å². The van der Waals surface area contributed by atoms with E-state index in [1.54, 1.807) is 12.4 Å². The monoisotopic (exact) mass is 209 g/mol. The van der Waals surface area contributed by atoms with Crippen LogP contribution in [0.4, 0.5) is 0 Å². The average Bonchev–Trinajstić information content (AvgIpc) is 2.30. The molecule has 0 bridgehead atoms. The number of hydrogen-bond donors (Lipinski definition) is 1. The number of aryl methyl sites for hydroxylation is 1. The topological polar surface area (TPSA) is 56.3 Å². The van der Waals surface area contributed by atoms with E-state index in [2.05, 4.69) is 15.3 Å². The molecule has 5 nitrogen and oxygen atoms in total. The van der Waals surface area contributed by atoms with Crippen molar-refractivity contribution in [2.24, 2.45) is 0 Å². The Bertz CT molecular complexity index is 296. The van der Waals surface area contributed by atoms with Gasteiger partial charge in [0.25, 0.3) is 0 Å². The van der Waals surface area contributed by atoms with E-state index in [9.17, 15) is 0 Å². The SMILES string of the molecule is Cc1cnc(OCC2CNCCO2)nc1. The number of hydrogen-bond acceptors (Lipinski definition) is 5. The fraction of sp³-hybridized carbons (Fsp3) is 0.600. The Morgan fingerprint density at radius 2 is 2.33 bits per heavy atom. The second kappa shape index (κ2) is 5.04. The third-order valence-electron chi connectivity index (χ3n) is 2.16. The zero-order valence-corrected chi connectivity index (χ0v) is 8.77. The first-order valence-electron chi connectivity index (χ1n) is 5.08. The largest absolute Gasteiger partial charge is 0.461 e. The van der Waals surface area contributed by atoms with Gasteiger partial charge in [0.1, 0.15) is 12.7 Å². The van der Waals surface area contributed by atoms with Crippen molar-refractivity contribution in [2.75, 3.05) is 26.3 Å². The van der Waals surface area contributed by atoms with E-state index in [1.807, 2.05) is 6.92 Å². The Kier molecular flexibility index (Phi) is 3.47. The molecule has 5 heteroatoms. The molecule has 1 fully saturated rings. The van der Waals surface area contributed by atoms with Crippen LogP contribution in [0.3, 0.4) is 0 Å². The Balaban J connectivity index is 1.79. The number of rotatable bonds is 3. The molecule has 82 valence electrons. The van der Waals surface area contributed by atoms with Crippen LogP contribution in [0.5, 0.6) is 6.01 Å². The van der Waals surface area contributed by atoms with Crippen LogP contribution in [0, 0.1) is 6.92 Å². The van der Waals surface area contributed by atoms with Gasteiger partial charge < -0.3 is 14.8 Å². The highest BCUT2D eigenvalue weighted by Gasteiger charge is 2.14. The molecule has 2 rings (SSSR count). The van der Waals surface area contributed by atoms with Crippen LogP contribution in [0.2, 0.25) is 0 Å². The number of nitrogens with zero attached hydrogens (tertiary/aromatic N) is 2. The quantitative estimate of drug-likeness (QED) is 0.768. The van der Waals surface area contributed by atoms with Gasteiger partial charge >= 0.3 is 6.01 Å². The molecule has 2 heterocycles. The summed E-state index contributed by atoms with van der Waals surface area (Å²) in [5.74, 6) is 0. The minimum Gasteiger partial charge on any atom is -0.461 e. The second-order valence-electron chi connectivity index (χ2n) is 3.55. The van der Waals surface area contributed by atoms with Crippen LogP contribution in [0.15, 0.2) is 12.4 Å². The van der Waals surface area contributed by atoms with Crippen molar-refractivity contribution in [3.8, 4) is 6.01 Å². The van der Waals surface area contributed by atoms with Gasteiger partial charge in [-0.3, -0.25) is 0 Å². The van der Waals surface area contributed by atoms with Gasteiger partial charge in [-0.1, -0.05) is 0 Å². The normalized spacial score (nSPS) is 21.3. The molecule has 0 aromatic carbocycles. The van der Waals surface area contributed by atoms with Gasteiger partial charge in [-0.05, 0) is 12.5 Å². The maximum atomic E-state index is 5.48.